The van der Waals surface area contributed by atoms with Gasteiger partial charge in [0.25, 0.3) is 11.8 Å². The highest BCUT2D eigenvalue weighted by molar-refractivity contribution is 6.06. The molecule has 0 saturated heterocycles. The first-order valence-electron chi connectivity index (χ1n) is 10.6. The minimum atomic E-state index is -0.693. The summed E-state index contributed by atoms with van der Waals surface area (Å²) in [4.78, 5) is 33.4. The number of amides is 2. The third-order valence-electron chi connectivity index (χ3n) is 5.18. The lowest BCUT2D eigenvalue weighted by molar-refractivity contribution is 0.0995. The molecular weight excluding hydrogens is 402 g/mol. The van der Waals surface area contributed by atoms with Crippen molar-refractivity contribution in [2.75, 3.05) is 5.32 Å². The number of hydrogen-bond acceptors (Lipinski definition) is 5. The molecule has 0 saturated carbocycles. The fourth-order valence-corrected chi connectivity index (χ4v) is 3.65. The van der Waals surface area contributed by atoms with Crippen LogP contribution in [-0.4, -0.2) is 21.8 Å². The second-order valence-electron chi connectivity index (χ2n) is 8.27. The number of carbonyl (C=O) groups is 2. The summed E-state index contributed by atoms with van der Waals surface area (Å²) in [5.41, 5.74) is 17.7. The van der Waals surface area contributed by atoms with E-state index in [1.54, 1.807) is 6.07 Å². The van der Waals surface area contributed by atoms with Crippen LogP contribution in [0.3, 0.4) is 0 Å². The first-order valence-corrected chi connectivity index (χ1v) is 10.6. The molecule has 2 heterocycles. The molecule has 3 rings (SSSR count). The van der Waals surface area contributed by atoms with Crippen LogP contribution >= 0.6 is 0 Å². The van der Waals surface area contributed by atoms with Gasteiger partial charge in [0.05, 0.1) is 11.4 Å². The van der Waals surface area contributed by atoms with E-state index in [0.29, 0.717) is 17.3 Å². The summed E-state index contributed by atoms with van der Waals surface area (Å²) in [5, 5.41) is 2.96. The number of benzene rings is 1. The molecule has 7 nitrogen and oxygen atoms in total. The lowest BCUT2D eigenvalue weighted by Crippen LogP contribution is -2.20. The smallest absolute Gasteiger partial charge is 0.274 e. The summed E-state index contributed by atoms with van der Waals surface area (Å²) in [6, 6.07) is 12.7. The van der Waals surface area contributed by atoms with Crippen LogP contribution in [-0.2, 0) is 13.0 Å². The van der Waals surface area contributed by atoms with Crippen molar-refractivity contribution in [2.45, 2.75) is 40.7 Å². The van der Waals surface area contributed by atoms with E-state index in [0.717, 1.165) is 34.4 Å². The van der Waals surface area contributed by atoms with Gasteiger partial charge in [0.2, 0.25) is 0 Å². The Balaban J connectivity index is 2.15. The van der Waals surface area contributed by atoms with Crippen molar-refractivity contribution in [1.29, 1.82) is 0 Å². The molecule has 2 amide bonds. The van der Waals surface area contributed by atoms with E-state index in [9.17, 15) is 9.59 Å². The van der Waals surface area contributed by atoms with Crippen LogP contribution in [0.5, 0.6) is 0 Å². The largest absolute Gasteiger partial charge is 0.364 e. The van der Waals surface area contributed by atoms with Crippen LogP contribution in [0.15, 0.2) is 42.5 Å². The number of nitrogens with two attached hydrogens (primary N) is 2. The number of pyridine rings is 2. The normalized spacial score (nSPS) is 10.9. The van der Waals surface area contributed by atoms with E-state index in [1.807, 2.05) is 38.1 Å². The van der Waals surface area contributed by atoms with Gasteiger partial charge in [0.1, 0.15) is 11.4 Å². The number of aromatic nitrogens is 2. The van der Waals surface area contributed by atoms with Gasteiger partial charge in [0.15, 0.2) is 0 Å². The Morgan fingerprint density at radius 3 is 2.25 bits per heavy atom. The van der Waals surface area contributed by atoms with Gasteiger partial charge in [-0.2, -0.15) is 0 Å². The molecule has 0 atom stereocenters. The maximum atomic E-state index is 13.1. The Bertz CT molecular complexity index is 1150. The molecule has 166 valence electrons. The predicted octanol–water partition coefficient (Wildman–Crippen LogP) is 3.77. The van der Waals surface area contributed by atoms with Crippen molar-refractivity contribution >= 4 is 17.5 Å². The fourth-order valence-electron chi connectivity index (χ4n) is 3.65. The molecule has 0 unspecified atom stereocenters. The molecule has 3 aromatic rings. The molecule has 32 heavy (non-hydrogen) atoms. The Kier molecular flexibility index (Phi) is 7.00. The SMILES string of the molecule is Cc1ccc(-c2c(CN)c(CC(C)C)nc(C)c2NC(=O)c2cccc(C(N)=O)n2)cc1. The lowest BCUT2D eigenvalue weighted by atomic mass is 9.92. The van der Waals surface area contributed by atoms with Gasteiger partial charge in [0, 0.05) is 17.8 Å². The highest BCUT2D eigenvalue weighted by atomic mass is 16.2. The number of nitrogens with zero attached hydrogens (tertiary/aromatic N) is 2. The topological polar surface area (TPSA) is 124 Å². The molecule has 2 aromatic heterocycles. The highest BCUT2D eigenvalue weighted by Gasteiger charge is 2.22. The van der Waals surface area contributed by atoms with E-state index in [-0.39, 0.29) is 17.9 Å². The standard InChI is InChI=1S/C25H29N5O2/c1-14(2)12-21-18(13-26)22(17-10-8-15(3)9-11-17)23(16(4)28-21)30-25(32)20-7-5-6-19(29-20)24(27)31/h5-11,14H,12-13,26H2,1-4H3,(H2,27,31)(H,30,32). The van der Waals surface area contributed by atoms with Crippen molar-refractivity contribution < 1.29 is 9.59 Å². The van der Waals surface area contributed by atoms with Crippen molar-refractivity contribution in [3.63, 3.8) is 0 Å². The zero-order chi connectivity index (χ0) is 23.4. The summed E-state index contributed by atoms with van der Waals surface area (Å²) < 4.78 is 0. The number of rotatable bonds is 7. The first-order chi connectivity index (χ1) is 15.2. The van der Waals surface area contributed by atoms with E-state index >= 15 is 0 Å². The zero-order valence-corrected chi connectivity index (χ0v) is 18.9. The number of anilines is 1. The van der Waals surface area contributed by atoms with Gasteiger partial charge in [-0.25, -0.2) is 4.98 Å². The summed E-state index contributed by atoms with van der Waals surface area (Å²) in [5.74, 6) is -0.744. The summed E-state index contributed by atoms with van der Waals surface area (Å²) in [6.07, 6.45) is 0.780. The molecule has 0 aliphatic rings. The molecule has 0 aliphatic carbocycles. The Labute approximate surface area is 188 Å². The predicted molar refractivity (Wildman–Crippen MR) is 126 cm³/mol. The molecule has 0 fully saturated rings. The monoisotopic (exact) mass is 431 g/mol. The third-order valence-corrected chi connectivity index (χ3v) is 5.18. The van der Waals surface area contributed by atoms with Gasteiger partial charge < -0.3 is 16.8 Å². The molecular formula is C25H29N5O2. The Morgan fingerprint density at radius 1 is 1.00 bits per heavy atom. The molecule has 0 radical (unpaired) electrons. The quantitative estimate of drug-likeness (QED) is 0.525. The second-order valence-corrected chi connectivity index (χ2v) is 8.27. The molecule has 0 aliphatic heterocycles. The Morgan fingerprint density at radius 2 is 1.66 bits per heavy atom. The minimum absolute atomic E-state index is 0.0289. The van der Waals surface area contributed by atoms with E-state index < -0.39 is 11.8 Å². The fraction of sp³-hybridized carbons (Fsp3) is 0.280. The van der Waals surface area contributed by atoms with Crippen LogP contribution in [0.4, 0.5) is 5.69 Å². The zero-order valence-electron chi connectivity index (χ0n) is 18.9. The second kappa shape index (κ2) is 9.70. The minimum Gasteiger partial charge on any atom is -0.364 e. The average molecular weight is 432 g/mol. The maximum Gasteiger partial charge on any atom is 0.274 e. The third kappa shape index (κ3) is 5.00. The molecule has 7 heteroatoms. The van der Waals surface area contributed by atoms with Crippen molar-refractivity contribution in [1.82, 2.24) is 9.97 Å². The van der Waals surface area contributed by atoms with Crippen LogP contribution < -0.4 is 16.8 Å². The summed E-state index contributed by atoms with van der Waals surface area (Å²) >= 11 is 0. The number of hydrogen-bond donors (Lipinski definition) is 3. The van der Waals surface area contributed by atoms with E-state index in [2.05, 4.69) is 24.1 Å². The number of nitrogens with one attached hydrogen (secondary N) is 1. The van der Waals surface area contributed by atoms with Crippen molar-refractivity contribution in [2.24, 2.45) is 17.4 Å². The summed E-state index contributed by atoms with van der Waals surface area (Å²) in [6.45, 7) is 8.45. The number of primary amides is 1. The Hall–Kier alpha value is -3.58. The van der Waals surface area contributed by atoms with E-state index in [4.69, 9.17) is 16.5 Å². The summed E-state index contributed by atoms with van der Waals surface area (Å²) in [7, 11) is 0. The van der Waals surface area contributed by atoms with Crippen LogP contribution in [0.25, 0.3) is 11.1 Å². The number of carbonyl (C=O) groups excluding carboxylic acids is 2. The molecule has 5 N–H and O–H groups in total. The average Bonchev–Trinajstić information content (AvgIpc) is 2.75. The van der Waals surface area contributed by atoms with Crippen LogP contribution in [0.2, 0.25) is 0 Å². The maximum absolute atomic E-state index is 13.1. The number of aryl methyl sites for hydroxylation is 2. The highest BCUT2D eigenvalue weighted by Crippen LogP contribution is 2.36. The van der Waals surface area contributed by atoms with Gasteiger partial charge >= 0.3 is 0 Å². The van der Waals surface area contributed by atoms with Gasteiger partial charge in [-0.1, -0.05) is 49.7 Å². The van der Waals surface area contributed by atoms with Crippen molar-refractivity contribution in [3.8, 4) is 11.1 Å². The van der Waals surface area contributed by atoms with Gasteiger partial charge in [-0.05, 0) is 49.4 Å². The van der Waals surface area contributed by atoms with E-state index in [1.165, 1.54) is 12.1 Å². The van der Waals surface area contributed by atoms with Gasteiger partial charge in [-0.3, -0.25) is 14.6 Å². The lowest BCUT2D eigenvalue weighted by Gasteiger charge is -2.21. The van der Waals surface area contributed by atoms with Gasteiger partial charge in [-0.15, -0.1) is 0 Å². The van der Waals surface area contributed by atoms with Crippen molar-refractivity contribution in [3.05, 3.63) is 76.4 Å². The van der Waals surface area contributed by atoms with Crippen LogP contribution in [0.1, 0.15) is 57.3 Å². The molecule has 1 aromatic carbocycles. The molecule has 0 bridgehead atoms. The molecule has 0 spiro atoms. The van der Waals surface area contributed by atoms with Crippen LogP contribution in [0, 0.1) is 19.8 Å². The first kappa shape index (κ1) is 23.1.